The Bertz CT molecular complexity index is 1150. The van der Waals surface area contributed by atoms with E-state index in [1.54, 1.807) is 36.0 Å². The molecule has 0 radical (unpaired) electrons. The molecule has 2 heterocycles. The molecule has 0 fully saturated rings. The summed E-state index contributed by atoms with van der Waals surface area (Å²) >= 11 is 0. The second kappa shape index (κ2) is 6.57. The molecule has 0 aliphatic rings. The molecule has 0 saturated heterocycles. The molecule has 6 nitrogen and oxygen atoms in total. The minimum absolute atomic E-state index is 0.0573. The second-order valence-corrected chi connectivity index (χ2v) is 6.15. The first-order valence-electron chi connectivity index (χ1n) is 8.40. The lowest BCUT2D eigenvalue weighted by atomic mass is 10.0. The number of carbonyl (C=O) groups excluding carboxylic acids is 1. The number of hydrogen-bond acceptors (Lipinski definition) is 5. The van der Waals surface area contributed by atoms with Gasteiger partial charge in [0.15, 0.2) is 11.4 Å². The summed E-state index contributed by atoms with van der Waals surface area (Å²) in [5, 5.41) is 14.4. The van der Waals surface area contributed by atoms with Gasteiger partial charge in [-0.2, -0.15) is 5.10 Å². The monoisotopic (exact) mass is 359 g/mol. The van der Waals surface area contributed by atoms with Crippen LogP contribution in [0.2, 0.25) is 0 Å². The number of phenolic OH excluding ortho intramolecular Hbond substituents is 1. The molecule has 27 heavy (non-hydrogen) atoms. The van der Waals surface area contributed by atoms with E-state index in [1.165, 1.54) is 12.3 Å². The van der Waals surface area contributed by atoms with E-state index in [1.807, 2.05) is 31.2 Å². The Hall–Kier alpha value is -3.67. The van der Waals surface area contributed by atoms with Gasteiger partial charge in [-0.3, -0.25) is 4.79 Å². The van der Waals surface area contributed by atoms with Crippen molar-refractivity contribution in [1.29, 1.82) is 0 Å². The predicted molar refractivity (Wildman–Crippen MR) is 101 cm³/mol. The van der Waals surface area contributed by atoms with Gasteiger partial charge < -0.3 is 9.84 Å². The van der Waals surface area contributed by atoms with Gasteiger partial charge in [0.05, 0.1) is 23.9 Å². The van der Waals surface area contributed by atoms with Gasteiger partial charge >= 0.3 is 0 Å². The number of fused-ring (bicyclic) bond motifs is 1. The third-order valence-corrected chi connectivity index (χ3v) is 4.44. The normalized spacial score (nSPS) is 10.9. The number of aromatic hydroxyl groups is 1. The molecule has 0 aliphatic carbocycles. The molecule has 1 N–H and O–H groups in total. The van der Waals surface area contributed by atoms with Crippen LogP contribution in [0.15, 0.2) is 60.9 Å². The van der Waals surface area contributed by atoms with Gasteiger partial charge in [-0.25, -0.2) is 9.50 Å². The summed E-state index contributed by atoms with van der Waals surface area (Å²) in [6, 6.07) is 14.1. The smallest absolute Gasteiger partial charge is 0.199 e. The molecule has 134 valence electrons. The number of methoxy groups -OCH3 is 1. The minimum Gasteiger partial charge on any atom is -0.507 e. The maximum Gasteiger partial charge on any atom is 0.199 e. The Balaban J connectivity index is 1.78. The summed E-state index contributed by atoms with van der Waals surface area (Å²) in [6.45, 7) is 1.90. The first kappa shape index (κ1) is 16.8. The van der Waals surface area contributed by atoms with Crippen LogP contribution in [-0.2, 0) is 0 Å². The Kier molecular flexibility index (Phi) is 4.08. The van der Waals surface area contributed by atoms with Crippen LogP contribution in [0.3, 0.4) is 0 Å². The van der Waals surface area contributed by atoms with Crippen LogP contribution in [0.5, 0.6) is 11.5 Å². The van der Waals surface area contributed by atoms with Crippen LogP contribution in [-0.4, -0.2) is 32.6 Å². The largest absolute Gasteiger partial charge is 0.507 e. The number of aromatic nitrogens is 3. The van der Waals surface area contributed by atoms with Crippen LogP contribution in [0.1, 0.15) is 21.6 Å². The predicted octanol–water partition coefficient (Wildman–Crippen LogP) is 3.65. The maximum absolute atomic E-state index is 12.7. The van der Waals surface area contributed by atoms with Gasteiger partial charge in [-0.15, -0.1) is 0 Å². The third-order valence-electron chi connectivity index (χ3n) is 4.44. The molecule has 2 aromatic carbocycles. The standard InChI is InChI=1S/C21H17N3O3/c1-13-19(14-7-9-16(27-2)10-8-14)21-22-11-15(12-24(21)23-13)20(26)17-5-3-4-6-18(17)25/h3-12,25H,1-2H3. The van der Waals surface area contributed by atoms with Crippen molar-refractivity contribution in [3.05, 3.63) is 77.7 Å². The van der Waals surface area contributed by atoms with Gasteiger partial charge in [0.2, 0.25) is 0 Å². The molecular weight excluding hydrogens is 342 g/mol. The highest BCUT2D eigenvalue weighted by molar-refractivity contribution is 6.10. The lowest BCUT2D eigenvalue weighted by Gasteiger charge is -2.05. The van der Waals surface area contributed by atoms with Gasteiger partial charge in [0.25, 0.3) is 0 Å². The van der Waals surface area contributed by atoms with Gasteiger partial charge in [-0.05, 0) is 36.8 Å². The molecule has 0 atom stereocenters. The van der Waals surface area contributed by atoms with E-state index in [-0.39, 0.29) is 17.1 Å². The number of para-hydroxylation sites is 1. The quantitative estimate of drug-likeness (QED) is 0.563. The molecule has 4 rings (SSSR count). The topological polar surface area (TPSA) is 76.7 Å². The van der Waals surface area contributed by atoms with Crippen molar-refractivity contribution in [1.82, 2.24) is 14.6 Å². The molecule has 0 unspecified atom stereocenters. The van der Waals surface area contributed by atoms with E-state index in [0.717, 1.165) is 22.6 Å². The number of nitrogens with zero attached hydrogens (tertiary/aromatic N) is 3. The van der Waals surface area contributed by atoms with Crippen LogP contribution in [0.25, 0.3) is 16.8 Å². The minimum atomic E-state index is -0.304. The fourth-order valence-corrected chi connectivity index (χ4v) is 3.08. The molecular formula is C21H17N3O3. The zero-order chi connectivity index (χ0) is 19.0. The van der Waals surface area contributed by atoms with Crippen LogP contribution in [0.4, 0.5) is 0 Å². The van der Waals surface area contributed by atoms with E-state index < -0.39 is 0 Å². The Morgan fingerprint density at radius 1 is 1.11 bits per heavy atom. The maximum atomic E-state index is 12.7. The average Bonchev–Trinajstić information content (AvgIpc) is 3.02. The third kappa shape index (κ3) is 2.91. The molecule has 0 saturated carbocycles. The molecule has 4 aromatic rings. The van der Waals surface area contributed by atoms with Gasteiger partial charge in [0.1, 0.15) is 11.5 Å². The van der Waals surface area contributed by atoms with E-state index in [2.05, 4.69) is 10.1 Å². The van der Waals surface area contributed by atoms with Crippen molar-refractivity contribution in [3.8, 4) is 22.6 Å². The summed E-state index contributed by atoms with van der Waals surface area (Å²) in [6.07, 6.45) is 3.15. The van der Waals surface area contributed by atoms with Crippen molar-refractivity contribution < 1.29 is 14.6 Å². The molecule has 0 spiro atoms. The van der Waals surface area contributed by atoms with E-state index in [4.69, 9.17) is 4.74 Å². The van der Waals surface area contributed by atoms with Gasteiger partial charge in [0, 0.05) is 18.0 Å². The van der Waals surface area contributed by atoms with E-state index >= 15 is 0 Å². The molecule has 2 aromatic heterocycles. The summed E-state index contributed by atoms with van der Waals surface area (Å²) in [4.78, 5) is 17.2. The summed E-state index contributed by atoms with van der Waals surface area (Å²) in [5.74, 6) is 0.413. The van der Waals surface area contributed by atoms with Crippen LogP contribution in [0, 0.1) is 6.92 Å². The number of rotatable bonds is 4. The molecule has 6 heteroatoms. The Morgan fingerprint density at radius 3 is 2.56 bits per heavy atom. The summed E-state index contributed by atoms with van der Waals surface area (Å²) < 4.78 is 6.80. The zero-order valence-electron chi connectivity index (χ0n) is 14.9. The summed E-state index contributed by atoms with van der Waals surface area (Å²) in [5.41, 5.74) is 3.92. The van der Waals surface area contributed by atoms with E-state index in [9.17, 15) is 9.90 Å². The zero-order valence-corrected chi connectivity index (χ0v) is 14.9. The van der Waals surface area contributed by atoms with Gasteiger partial charge in [-0.1, -0.05) is 24.3 Å². The lowest BCUT2D eigenvalue weighted by Crippen LogP contribution is -2.05. The fourth-order valence-electron chi connectivity index (χ4n) is 3.08. The highest BCUT2D eigenvalue weighted by Gasteiger charge is 2.17. The number of aryl methyl sites for hydroxylation is 1. The molecule has 0 bridgehead atoms. The van der Waals surface area contributed by atoms with Crippen molar-refractivity contribution in [2.45, 2.75) is 6.92 Å². The van der Waals surface area contributed by atoms with Crippen LogP contribution < -0.4 is 4.74 Å². The SMILES string of the molecule is COc1ccc(-c2c(C)nn3cc(C(=O)c4ccccc4O)cnc23)cc1. The second-order valence-electron chi connectivity index (χ2n) is 6.15. The summed E-state index contributed by atoms with van der Waals surface area (Å²) in [7, 11) is 1.63. The number of benzene rings is 2. The highest BCUT2D eigenvalue weighted by Crippen LogP contribution is 2.29. The first-order chi connectivity index (χ1) is 13.1. The first-order valence-corrected chi connectivity index (χ1v) is 8.40. The number of ether oxygens (including phenoxy) is 1. The Morgan fingerprint density at radius 2 is 1.85 bits per heavy atom. The average molecular weight is 359 g/mol. The van der Waals surface area contributed by atoms with Crippen molar-refractivity contribution in [2.75, 3.05) is 7.11 Å². The molecule has 0 aliphatic heterocycles. The lowest BCUT2D eigenvalue weighted by molar-refractivity contribution is 0.103. The van der Waals surface area contributed by atoms with Crippen molar-refractivity contribution in [2.24, 2.45) is 0 Å². The number of phenols is 1. The number of hydrogen-bond donors (Lipinski definition) is 1. The molecule has 0 amide bonds. The van der Waals surface area contributed by atoms with Crippen molar-refractivity contribution >= 4 is 11.4 Å². The highest BCUT2D eigenvalue weighted by atomic mass is 16.5. The number of carbonyl (C=O) groups is 1. The van der Waals surface area contributed by atoms with Crippen LogP contribution >= 0.6 is 0 Å². The van der Waals surface area contributed by atoms with E-state index in [0.29, 0.717) is 11.2 Å². The fraction of sp³-hybridized carbons (Fsp3) is 0.0952. The van der Waals surface area contributed by atoms with Crippen molar-refractivity contribution in [3.63, 3.8) is 0 Å². The number of ketones is 1. The Labute approximate surface area is 155 Å².